The Hall–Kier alpha value is -3.41. The number of phenols is 4. The lowest BCUT2D eigenvalue weighted by molar-refractivity contribution is 0.0839. The number of carbonyl (C=O) groups is 1. The molecule has 31 heavy (non-hydrogen) atoms. The average Bonchev–Trinajstić information content (AvgIpc) is 2.66. The van der Waals surface area contributed by atoms with Crippen molar-refractivity contribution in [2.75, 3.05) is 0 Å². The maximum atomic E-state index is 12.8. The van der Waals surface area contributed by atoms with E-state index < -0.39 is 6.10 Å². The van der Waals surface area contributed by atoms with Gasteiger partial charge in [0.15, 0.2) is 5.78 Å². The van der Waals surface area contributed by atoms with Crippen molar-refractivity contribution in [3.63, 3.8) is 0 Å². The monoisotopic (exact) mass is 424 g/mol. The number of carbonyl (C=O) groups excluding carboxylic acids is 1. The number of aromatic hydroxyl groups is 4. The molecular formula is C25H28O6. The van der Waals surface area contributed by atoms with Gasteiger partial charge in [-0.1, -0.05) is 23.3 Å². The van der Waals surface area contributed by atoms with Crippen LogP contribution >= 0.6 is 0 Å². The number of phenolic OH excluding ortho intramolecular Hbond substituents is 4. The van der Waals surface area contributed by atoms with E-state index in [4.69, 9.17) is 4.74 Å². The summed E-state index contributed by atoms with van der Waals surface area (Å²) in [6.45, 7) is 6.11. The summed E-state index contributed by atoms with van der Waals surface area (Å²) in [5, 5.41) is 40.5. The van der Waals surface area contributed by atoms with Crippen LogP contribution in [0.2, 0.25) is 0 Å². The van der Waals surface area contributed by atoms with Gasteiger partial charge >= 0.3 is 0 Å². The van der Waals surface area contributed by atoms with E-state index in [1.54, 1.807) is 0 Å². The van der Waals surface area contributed by atoms with Crippen LogP contribution in [0.25, 0.3) is 0 Å². The molecule has 0 amide bonds. The molecule has 0 aromatic heterocycles. The molecule has 2 aromatic carbocycles. The lowest BCUT2D eigenvalue weighted by Gasteiger charge is -2.28. The van der Waals surface area contributed by atoms with Crippen molar-refractivity contribution in [3.05, 3.63) is 64.3 Å². The van der Waals surface area contributed by atoms with Crippen LogP contribution in [-0.4, -0.2) is 26.2 Å². The Morgan fingerprint density at radius 3 is 2.45 bits per heavy atom. The molecule has 0 fully saturated rings. The summed E-state index contributed by atoms with van der Waals surface area (Å²) < 4.78 is 6.03. The summed E-state index contributed by atoms with van der Waals surface area (Å²) in [6.07, 6.45) is 5.37. The zero-order chi connectivity index (χ0) is 22.7. The molecule has 0 spiro atoms. The Morgan fingerprint density at radius 1 is 1.03 bits per heavy atom. The van der Waals surface area contributed by atoms with Crippen LogP contribution in [0.4, 0.5) is 0 Å². The standard InChI is InChI=1S/C25H28O6/c1-14(2)5-4-6-15(3)7-9-18-20(28)12-21(29)24-22(30)13-23(31-25(18)24)17-10-8-16(26)11-19(17)27/h5,7-8,10-12,23,26-29H,4,6,9,13H2,1-3H3/b15-7-. The minimum absolute atomic E-state index is 0.0397. The molecule has 0 saturated carbocycles. The number of fused-ring (bicyclic) bond motifs is 1. The third-order valence-electron chi connectivity index (χ3n) is 5.36. The molecule has 0 radical (unpaired) electrons. The number of ketones is 1. The van der Waals surface area contributed by atoms with Crippen LogP contribution in [0, 0.1) is 0 Å². The lowest BCUT2D eigenvalue weighted by atomic mass is 9.91. The molecule has 6 nitrogen and oxygen atoms in total. The number of benzene rings is 2. The molecule has 4 N–H and O–H groups in total. The van der Waals surface area contributed by atoms with Gasteiger partial charge in [0.2, 0.25) is 0 Å². The second-order valence-corrected chi connectivity index (χ2v) is 8.15. The number of allylic oxidation sites excluding steroid dienone is 4. The van der Waals surface area contributed by atoms with Crippen molar-refractivity contribution < 1.29 is 30.0 Å². The Balaban J connectivity index is 1.94. The smallest absolute Gasteiger partial charge is 0.174 e. The predicted molar refractivity (Wildman–Crippen MR) is 118 cm³/mol. The van der Waals surface area contributed by atoms with Crippen LogP contribution < -0.4 is 4.74 Å². The van der Waals surface area contributed by atoms with Gasteiger partial charge in [-0.15, -0.1) is 0 Å². The number of hydrogen-bond donors (Lipinski definition) is 4. The van der Waals surface area contributed by atoms with Gasteiger partial charge in [-0.25, -0.2) is 0 Å². The van der Waals surface area contributed by atoms with Gasteiger partial charge in [0, 0.05) is 23.3 Å². The second-order valence-electron chi connectivity index (χ2n) is 8.15. The molecule has 2 aromatic rings. The van der Waals surface area contributed by atoms with Crippen LogP contribution in [0.15, 0.2) is 47.6 Å². The summed E-state index contributed by atoms with van der Waals surface area (Å²) in [5.74, 6) is -1.01. The third kappa shape index (κ3) is 5.02. The normalized spacial score (nSPS) is 15.9. The van der Waals surface area contributed by atoms with E-state index in [0.717, 1.165) is 18.4 Å². The van der Waals surface area contributed by atoms with E-state index in [9.17, 15) is 25.2 Å². The molecule has 1 heterocycles. The number of hydrogen-bond acceptors (Lipinski definition) is 6. The van der Waals surface area contributed by atoms with Crippen molar-refractivity contribution in [2.45, 2.75) is 52.6 Å². The van der Waals surface area contributed by atoms with Crippen LogP contribution in [0.1, 0.15) is 67.6 Å². The van der Waals surface area contributed by atoms with Crippen LogP contribution in [-0.2, 0) is 6.42 Å². The van der Waals surface area contributed by atoms with Crippen LogP contribution in [0.3, 0.4) is 0 Å². The minimum Gasteiger partial charge on any atom is -0.508 e. The van der Waals surface area contributed by atoms with Gasteiger partial charge in [0.25, 0.3) is 0 Å². The SMILES string of the molecule is CC(C)=CCC/C(C)=C\Cc1c(O)cc(O)c2c1OC(c1ccc(O)cc1O)CC2=O. The molecule has 0 aliphatic carbocycles. The Bertz CT molecular complexity index is 1060. The highest BCUT2D eigenvalue weighted by Crippen LogP contribution is 2.46. The maximum Gasteiger partial charge on any atom is 0.174 e. The molecule has 3 rings (SSSR count). The quantitative estimate of drug-likeness (QED) is 0.459. The fourth-order valence-corrected chi connectivity index (χ4v) is 3.67. The van der Waals surface area contributed by atoms with Gasteiger partial charge in [-0.3, -0.25) is 4.79 Å². The summed E-state index contributed by atoms with van der Waals surface area (Å²) in [7, 11) is 0. The Morgan fingerprint density at radius 2 is 1.77 bits per heavy atom. The molecular weight excluding hydrogens is 396 g/mol. The molecule has 1 aliphatic heterocycles. The minimum atomic E-state index is -0.803. The molecule has 6 heteroatoms. The van der Waals surface area contributed by atoms with Crippen LogP contribution in [0.5, 0.6) is 28.7 Å². The average molecular weight is 424 g/mol. The largest absolute Gasteiger partial charge is 0.508 e. The number of Topliss-reactive ketones (excluding diaryl/α,β-unsaturated/α-hetero) is 1. The highest BCUT2D eigenvalue weighted by molar-refractivity contribution is 6.03. The Kier molecular flexibility index (Phi) is 6.59. The van der Waals surface area contributed by atoms with Gasteiger partial charge < -0.3 is 25.2 Å². The van der Waals surface area contributed by atoms with Crippen molar-refractivity contribution in [1.29, 1.82) is 0 Å². The van der Waals surface area contributed by atoms with Crippen molar-refractivity contribution in [2.24, 2.45) is 0 Å². The second kappa shape index (κ2) is 9.16. The van der Waals surface area contributed by atoms with E-state index in [1.165, 1.54) is 29.8 Å². The van der Waals surface area contributed by atoms with Gasteiger partial charge in [0.1, 0.15) is 40.4 Å². The highest BCUT2D eigenvalue weighted by Gasteiger charge is 2.34. The zero-order valence-corrected chi connectivity index (χ0v) is 18.0. The highest BCUT2D eigenvalue weighted by atomic mass is 16.5. The summed E-state index contributed by atoms with van der Waals surface area (Å²) >= 11 is 0. The van der Waals surface area contributed by atoms with Crippen molar-refractivity contribution in [3.8, 4) is 28.7 Å². The fraction of sp³-hybridized carbons (Fsp3) is 0.320. The number of rotatable bonds is 6. The first-order valence-corrected chi connectivity index (χ1v) is 10.3. The van der Waals surface area contributed by atoms with E-state index >= 15 is 0 Å². The van der Waals surface area contributed by atoms with Gasteiger partial charge in [-0.05, 0) is 52.2 Å². The van der Waals surface area contributed by atoms with Crippen molar-refractivity contribution >= 4 is 5.78 Å². The van der Waals surface area contributed by atoms with Gasteiger partial charge in [0.05, 0.1) is 6.42 Å². The molecule has 1 atom stereocenters. The van der Waals surface area contributed by atoms with Crippen molar-refractivity contribution in [1.82, 2.24) is 0 Å². The first-order chi connectivity index (χ1) is 14.7. The fourth-order valence-electron chi connectivity index (χ4n) is 3.67. The first kappa shape index (κ1) is 22.3. The summed E-state index contributed by atoms with van der Waals surface area (Å²) in [6, 6.07) is 5.24. The topological polar surface area (TPSA) is 107 Å². The van der Waals surface area contributed by atoms with E-state index in [-0.39, 0.29) is 46.5 Å². The maximum absolute atomic E-state index is 12.8. The van der Waals surface area contributed by atoms with E-state index in [0.29, 0.717) is 17.5 Å². The third-order valence-corrected chi connectivity index (χ3v) is 5.36. The molecule has 1 aliphatic rings. The predicted octanol–water partition coefficient (Wildman–Crippen LogP) is 5.45. The summed E-state index contributed by atoms with van der Waals surface area (Å²) in [5.41, 5.74) is 3.18. The molecule has 164 valence electrons. The van der Waals surface area contributed by atoms with E-state index in [2.05, 4.69) is 19.9 Å². The first-order valence-electron chi connectivity index (χ1n) is 10.3. The Labute approximate surface area is 181 Å². The van der Waals surface area contributed by atoms with Gasteiger partial charge in [-0.2, -0.15) is 0 Å². The van der Waals surface area contributed by atoms with E-state index in [1.807, 2.05) is 13.0 Å². The lowest BCUT2D eigenvalue weighted by Crippen LogP contribution is -2.21. The zero-order valence-electron chi connectivity index (χ0n) is 18.0. The molecule has 1 unspecified atom stereocenters. The number of ether oxygens (including phenoxy) is 1. The molecule has 0 saturated heterocycles. The molecule has 0 bridgehead atoms. The summed E-state index contributed by atoms with van der Waals surface area (Å²) in [4.78, 5) is 12.8.